The molecule has 3 rings (SSSR count). The van der Waals surface area contributed by atoms with Gasteiger partial charge in [-0.2, -0.15) is 0 Å². The maximum atomic E-state index is 13.0. The van der Waals surface area contributed by atoms with Crippen LogP contribution in [0.25, 0.3) is 0 Å². The van der Waals surface area contributed by atoms with Crippen molar-refractivity contribution in [2.45, 2.75) is 46.2 Å². The maximum absolute atomic E-state index is 13.0. The van der Waals surface area contributed by atoms with Crippen molar-refractivity contribution in [2.24, 2.45) is 5.92 Å². The topological polar surface area (TPSA) is 49.4 Å². The van der Waals surface area contributed by atoms with Crippen molar-refractivity contribution < 1.29 is 9.59 Å². The number of benzene rings is 2. The Hall–Kier alpha value is -2.62. The van der Waals surface area contributed by atoms with Gasteiger partial charge >= 0.3 is 0 Å². The molecule has 0 aromatic heterocycles. The van der Waals surface area contributed by atoms with Gasteiger partial charge in [0.25, 0.3) is 5.91 Å². The van der Waals surface area contributed by atoms with Crippen molar-refractivity contribution in [2.75, 3.05) is 5.32 Å². The fraction of sp³-hybridized carbons (Fsp3) is 0.364. The lowest BCUT2D eigenvalue weighted by atomic mass is 10.0. The molecule has 1 aliphatic heterocycles. The Morgan fingerprint density at radius 3 is 2.42 bits per heavy atom. The molecule has 2 aromatic rings. The summed E-state index contributed by atoms with van der Waals surface area (Å²) in [7, 11) is 0. The van der Waals surface area contributed by atoms with Gasteiger partial charge < -0.3 is 10.2 Å². The molecular weight excluding hydrogens is 324 g/mol. The molecule has 2 amide bonds. The van der Waals surface area contributed by atoms with E-state index in [0.29, 0.717) is 24.4 Å². The van der Waals surface area contributed by atoms with Crippen LogP contribution in [-0.2, 0) is 17.8 Å². The highest BCUT2D eigenvalue weighted by Gasteiger charge is 2.36. The Kier molecular flexibility index (Phi) is 5.40. The molecule has 1 aliphatic rings. The number of hydrogen-bond donors (Lipinski definition) is 1. The summed E-state index contributed by atoms with van der Waals surface area (Å²) in [6.45, 7) is 6.74. The van der Waals surface area contributed by atoms with Gasteiger partial charge in [-0.1, -0.05) is 51.1 Å². The van der Waals surface area contributed by atoms with Crippen LogP contribution in [0.15, 0.2) is 48.5 Å². The van der Waals surface area contributed by atoms with Gasteiger partial charge in [0.05, 0.1) is 0 Å². The molecule has 4 heteroatoms. The Morgan fingerprint density at radius 2 is 1.81 bits per heavy atom. The van der Waals surface area contributed by atoms with Crippen molar-refractivity contribution >= 4 is 17.5 Å². The van der Waals surface area contributed by atoms with E-state index in [1.54, 1.807) is 4.90 Å². The predicted octanol–water partition coefficient (Wildman–Crippen LogP) is 4.26. The highest BCUT2D eigenvalue weighted by atomic mass is 16.2. The number of hydrogen-bond acceptors (Lipinski definition) is 2. The number of nitrogens with zero attached hydrogens (tertiary/aromatic N) is 1. The number of carbonyl (C=O) groups excluding carboxylic acids is 2. The monoisotopic (exact) mass is 350 g/mol. The molecule has 4 nitrogen and oxygen atoms in total. The van der Waals surface area contributed by atoms with Gasteiger partial charge in [-0.15, -0.1) is 0 Å². The maximum Gasteiger partial charge on any atom is 0.255 e. The zero-order valence-electron chi connectivity index (χ0n) is 15.7. The van der Waals surface area contributed by atoms with Crippen molar-refractivity contribution in [1.82, 2.24) is 4.90 Å². The van der Waals surface area contributed by atoms with E-state index < -0.39 is 6.04 Å². The van der Waals surface area contributed by atoms with E-state index in [1.807, 2.05) is 48.5 Å². The summed E-state index contributed by atoms with van der Waals surface area (Å²) >= 11 is 0. The number of aryl methyl sites for hydroxylation is 1. The minimum Gasteiger partial charge on any atom is -0.324 e. The first kappa shape index (κ1) is 18.2. The van der Waals surface area contributed by atoms with Crippen LogP contribution < -0.4 is 5.32 Å². The molecule has 1 atom stereocenters. The highest BCUT2D eigenvalue weighted by Crippen LogP contribution is 2.27. The molecule has 0 saturated carbocycles. The summed E-state index contributed by atoms with van der Waals surface area (Å²) in [6, 6.07) is 15.0. The second-order valence-corrected chi connectivity index (χ2v) is 7.28. The third kappa shape index (κ3) is 3.79. The molecule has 1 N–H and O–H groups in total. The molecule has 0 fully saturated rings. The summed E-state index contributed by atoms with van der Waals surface area (Å²) in [5, 5.41) is 2.99. The van der Waals surface area contributed by atoms with Gasteiger partial charge in [0.1, 0.15) is 6.04 Å². The second kappa shape index (κ2) is 7.73. The average Bonchev–Trinajstić information content (AvgIpc) is 2.97. The van der Waals surface area contributed by atoms with E-state index in [9.17, 15) is 9.59 Å². The standard InChI is InChI=1S/C22H26N2O2/c1-4-16-9-11-18(12-10-16)23-21(25)20(13-15(2)3)24-14-17-7-5-6-8-19(17)22(24)26/h5-12,15,20H,4,13-14H2,1-3H3,(H,23,25)/t20-/m0/s1. The molecule has 0 bridgehead atoms. The summed E-state index contributed by atoms with van der Waals surface area (Å²) in [5.41, 5.74) is 3.70. The molecule has 0 radical (unpaired) electrons. The fourth-order valence-corrected chi connectivity index (χ4v) is 3.40. The first-order valence-electron chi connectivity index (χ1n) is 9.28. The number of fused-ring (bicyclic) bond motifs is 1. The van der Waals surface area contributed by atoms with Gasteiger partial charge in [0.15, 0.2) is 0 Å². The van der Waals surface area contributed by atoms with E-state index in [2.05, 4.69) is 26.1 Å². The first-order chi connectivity index (χ1) is 12.5. The minimum absolute atomic E-state index is 0.0530. The van der Waals surface area contributed by atoms with Crippen LogP contribution in [-0.4, -0.2) is 22.8 Å². The van der Waals surface area contributed by atoms with E-state index in [-0.39, 0.29) is 11.8 Å². The van der Waals surface area contributed by atoms with Crippen LogP contribution in [0.3, 0.4) is 0 Å². The first-order valence-corrected chi connectivity index (χ1v) is 9.28. The van der Waals surface area contributed by atoms with E-state index in [0.717, 1.165) is 17.7 Å². The van der Waals surface area contributed by atoms with Gasteiger partial charge in [0, 0.05) is 17.8 Å². The van der Waals surface area contributed by atoms with Crippen LogP contribution in [0.4, 0.5) is 5.69 Å². The van der Waals surface area contributed by atoms with Crippen LogP contribution in [0, 0.1) is 5.92 Å². The molecule has 0 saturated heterocycles. The van der Waals surface area contributed by atoms with Crippen molar-refractivity contribution in [3.05, 3.63) is 65.2 Å². The third-order valence-corrected chi connectivity index (χ3v) is 4.85. The Balaban J connectivity index is 1.79. The van der Waals surface area contributed by atoms with E-state index >= 15 is 0 Å². The average molecular weight is 350 g/mol. The summed E-state index contributed by atoms with van der Waals surface area (Å²) in [5.74, 6) is 0.136. The predicted molar refractivity (Wildman–Crippen MR) is 104 cm³/mol. The molecule has 1 heterocycles. The molecule has 26 heavy (non-hydrogen) atoms. The van der Waals surface area contributed by atoms with Crippen molar-refractivity contribution in [3.63, 3.8) is 0 Å². The van der Waals surface area contributed by atoms with E-state index in [4.69, 9.17) is 0 Å². The number of nitrogens with one attached hydrogen (secondary N) is 1. The molecule has 0 aliphatic carbocycles. The van der Waals surface area contributed by atoms with Crippen LogP contribution >= 0.6 is 0 Å². The lowest BCUT2D eigenvalue weighted by Crippen LogP contribution is -2.45. The number of anilines is 1. The summed E-state index contributed by atoms with van der Waals surface area (Å²) in [4.78, 5) is 27.5. The van der Waals surface area contributed by atoms with Crippen LogP contribution in [0.1, 0.15) is 48.7 Å². The van der Waals surface area contributed by atoms with Crippen LogP contribution in [0.5, 0.6) is 0 Å². The molecule has 2 aromatic carbocycles. The Labute approximate surface area is 155 Å². The zero-order chi connectivity index (χ0) is 18.7. The summed E-state index contributed by atoms with van der Waals surface area (Å²) in [6.07, 6.45) is 1.60. The number of amides is 2. The fourth-order valence-electron chi connectivity index (χ4n) is 3.40. The van der Waals surface area contributed by atoms with E-state index in [1.165, 1.54) is 5.56 Å². The largest absolute Gasteiger partial charge is 0.324 e. The van der Waals surface area contributed by atoms with Gasteiger partial charge in [-0.25, -0.2) is 0 Å². The van der Waals surface area contributed by atoms with Crippen molar-refractivity contribution in [3.8, 4) is 0 Å². The Morgan fingerprint density at radius 1 is 1.12 bits per heavy atom. The van der Waals surface area contributed by atoms with Gasteiger partial charge in [-0.3, -0.25) is 9.59 Å². The molecule has 0 unspecified atom stereocenters. The molecule has 0 spiro atoms. The quantitative estimate of drug-likeness (QED) is 0.846. The highest BCUT2D eigenvalue weighted by molar-refractivity contribution is 6.03. The van der Waals surface area contributed by atoms with Crippen LogP contribution in [0.2, 0.25) is 0 Å². The third-order valence-electron chi connectivity index (χ3n) is 4.85. The molecule has 136 valence electrons. The second-order valence-electron chi connectivity index (χ2n) is 7.28. The number of rotatable bonds is 6. The van der Waals surface area contributed by atoms with Crippen molar-refractivity contribution in [1.29, 1.82) is 0 Å². The van der Waals surface area contributed by atoms with Gasteiger partial charge in [-0.05, 0) is 48.1 Å². The normalized spacial score (nSPS) is 14.5. The smallest absolute Gasteiger partial charge is 0.255 e. The van der Waals surface area contributed by atoms with Gasteiger partial charge in [0.2, 0.25) is 5.91 Å². The number of carbonyl (C=O) groups is 2. The lowest BCUT2D eigenvalue weighted by molar-refractivity contribution is -0.121. The SMILES string of the molecule is CCc1ccc(NC(=O)[C@H](CC(C)C)N2Cc3ccccc3C2=O)cc1. The lowest BCUT2D eigenvalue weighted by Gasteiger charge is -2.28. The zero-order valence-corrected chi connectivity index (χ0v) is 15.7. The Bertz CT molecular complexity index is 796. The summed E-state index contributed by atoms with van der Waals surface area (Å²) < 4.78 is 0. The molecular formula is C22H26N2O2. The minimum atomic E-state index is -0.472.